The van der Waals surface area contributed by atoms with E-state index in [0.29, 0.717) is 12.8 Å². The van der Waals surface area contributed by atoms with Gasteiger partial charge in [-0.25, -0.2) is 0 Å². The molecule has 0 bridgehead atoms. The molecule has 5 nitrogen and oxygen atoms in total. The van der Waals surface area contributed by atoms with E-state index in [4.69, 9.17) is 9.47 Å². The van der Waals surface area contributed by atoms with Crippen LogP contribution in [0.3, 0.4) is 0 Å². The molecule has 0 aliphatic heterocycles. The van der Waals surface area contributed by atoms with Gasteiger partial charge < -0.3 is 14.6 Å². The summed E-state index contributed by atoms with van der Waals surface area (Å²) in [5, 5.41) is 9.63. The van der Waals surface area contributed by atoms with Gasteiger partial charge in [-0.3, -0.25) is 9.59 Å². The Balaban J connectivity index is 3.33. The zero-order valence-corrected chi connectivity index (χ0v) is 46.4. The van der Waals surface area contributed by atoms with E-state index in [9.17, 15) is 14.7 Å². The van der Waals surface area contributed by atoms with Crippen LogP contribution in [0.5, 0.6) is 0 Å². The van der Waals surface area contributed by atoms with Crippen molar-refractivity contribution in [3.05, 3.63) is 12.2 Å². The molecule has 5 heteroatoms. The van der Waals surface area contributed by atoms with Crippen LogP contribution in [-0.2, 0) is 19.1 Å². The maximum Gasteiger partial charge on any atom is 0.306 e. The van der Waals surface area contributed by atoms with E-state index in [1.165, 1.54) is 295 Å². The van der Waals surface area contributed by atoms with Crippen molar-refractivity contribution in [1.82, 2.24) is 0 Å². The number of rotatable bonds is 59. The standard InChI is InChI=1S/C63H122O5/c1-3-5-7-9-11-13-15-17-19-20-21-22-23-24-25-26-27-28-29-30-31-32-33-34-35-36-37-38-39-40-41-42-44-45-47-49-51-53-55-57-62(65)67-60-61(59-64)68-63(66)58-56-54-52-50-48-46-43-18-16-14-12-10-8-6-4-2/h18,43,61,64H,3-17,19-42,44-60H2,1-2H3/b43-18-. The summed E-state index contributed by atoms with van der Waals surface area (Å²) >= 11 is 0. The lowest BCUT2D eigenvalue weighted by molar-refractivity contribution is -0.161. The molecular weight excluding hydrogens is 837 g/mol. The minimum Gasteiger partial charge on any atom is -0.462 e. The van der Waals surface area contributed by atoms with Crippen molar-refractivity contribution in [2.24, 2.45) is 0 Å². The maximum absolute atomic E-state index is 12.2. The first-order chi connectivity index (χ1) is 33.6. The predicted molar refractivity (Wildman–Crippen MR) is 298 cm³/mol. The first-order valence-electron chi connectivity index (χ1n) is 31.2. The number of ether oxygens (including phenoxy) is 2. The molecule has 0 aromatic carbocycles. The molecule has 0 fully saturated rings. The molecule has 0 rings (SSSR count). The minimum atomic E-state index is -0.771. The summed E-state index contributed by atoms with van der Waals surface area (Å²) in [5.74, 6) is -0.580. The van der Waals surface area contributed by atoms with Crippen LogP contribution < -0.4 is 0 Å². The first kappa shape index (κ1) is 66.6. The van der Waals surface area contributed by atoms with Gasteiger partial charge >= 0.3 is 11.9 Å². The van der Waals surface area contributed by atoms with Gasteiger partial charge in [0, 0.05) is 12.8 Å². The molecular formula is C63H122O5. The molecule has 0 saturated heterocycles. The molecule has 0 aliphatic rings. The smallest absolute Gasteiger partial charge is 0.306 e. The minimum absolute atomic E-state index is 0.0623. The van der Waals surface area contributed by atoms with Crippen molar-refractivity contribution in [2.45, 2.75) is 367 Å². The lowest BCUT2D eigenvalue weighted by Crippen LogP contribution is -2.28. The molecule has 0 saturated carbocycles. The van der Waals surface area contributed by atoms with Crippen molar-refractivity contribution in [3.8, 4) is 0 Å². The Morgan fingerprint density at radius 1 is 0.324 bits per heavy atom. The second-order valence-corrected chi connectivity index (χ2v) is 21.5. The predicted octanol–water partition coefficient (Wildman–Crippen LogP) is 21.1. The highest BCUT2D eigenvalue weighted by Crippen LogP contribution is 2.19. The second-order valence-electron chi connectivity index (χ2n) is 21.5. The third kappa shape index (κ3) is 57.2. The summed E-state index contributed by atoms with van der Waals surface area (Å²) in [6, 6.07) is 0. The van der Waals surface area contributed by atoms with E-state index in [1.807, 2.05) is 0 Å². The van der Waals surface area contributed by atoms with Gasteiger partial charge in [-0.1, -0.05) is 321 Å². The van der Waals surface area contributed by atoms with Gasteiger partial charge in [0.1, 0.15) is 6.61 Å². The Morgan fingerprint density at radius 2 is 0.544 bits per heavy atom. The Bertz CT molecular complexity index is 994. The van der Waals surface area contributed by atoms with Gasteiger partial charge in [0.25, 0.3) is 0 Å². The van der Waals surface area contributed by atoms with Crippen molar-refractivity contribution < 1.29 is 24.2 Å². The Hall–Kier alpha value is -1.36. The highest BCUT2D eigenvalue weighted by atomic mass is 16.6. The van der Waals surface area contributed by atoms with Crippen molar-refractivity contribution in [3.63, 3.8) is 0 Å². The number of esters is 2. The summed E-state index contributed by atoms with van der Waals surface area (Å²) in [6.45, 7) is 4.18. The summed E-state index contributed by atoms with van der Waals surface area (Å²) in [5.41, 5.74) is 0. The van der Waals surface area contributed by atoms with E-state index in [0.717, 1.165) is 38.5 Å². The van der Waals surface area contributed by atoms with Gasteiger partial charge in [-0.15, -0.1) is 0 Å². The quantitative estimate of drug-likeness (QED) is 0.0374. The van der Waals surface area contributed by atoms with Crippen molar-refractivity contribution in [1.29, 1.82) is 0 Å². The number of hydrogen-bond acceptors (Lipinski definition) is 5. The maximum atomic E-state index is 12.2. The lowest BCUT2D eigenvalue weighted by atomic mass is 10.0. The Kier molecular flexibility index (Phi) is 58.7. The second kappa shape index (κ2) is 59.9. The average molecular weight is 960 g/mol. The van der Waals surface area contributed by atoms with E-state index >= 15 is 0 Å². The monoisotopic (exact) mass is 959 g/mol. The molecule has 0 radical (unpaired) electrons. The van der Waals surface area contributed by atoms with Crippen molar-refractivity contribution >= 4 is 11.9 Å². The first-order valence-corrected chi connectivity index (χ1v) is 31.2. The number of allylic oxidation sites excluding steroid dienone is 2. The van der Waals surface area contributed by atoms with Gasteiger partial charge in [0.15, 0.2) is 6.10 Å². The number of unbranched alkanes of at least 4 members (excludes halogenated alkanes) is 49. The molecule has 0 amide bonds. The Morgan fingerprint density at radius 3 is 0.794 bits per heavy atom. The topological polar surface area (TPSA) is 72.8 Å². The van der Waals surface area contributed by atoms with Crippen molar-refractivity contribution in [2.75, 3.05) is 13.2 Å². The molecule has 1 N–H and O–H groups in total. The lowest BCUT2D eigenvalue weighted by Gasteiger charge is -2.15. The van der Waals surface area contributed by atoms with Crippen LogP contribution in [0.2, 0.25) is 0 Å². The SMILES string of the molecule is CCCCCCCC/C=C\CCCCCCCC(=O)OC(CO)COC(=O)CCCCCCCCCCCCCCCCCCCCCCCCCCCCCCCCCCCCCCCCC. The van der Waals surface area contributed by atoms with Crippen LogP contribution in [0, 0.1) is 0 Å². The normalized spacial score (nSPS) is 12.1. The molecule has 1 atom stereocenters. The third-order valence-electron chi connectivity index (χ3n) is 14.6. The fourth-order valence-corrected chi connectivity index (χ4v) is 9.85. The largest absolute Gasteiger partial charge is 0.462 e. The number of hydrogen-bond donors (Lipinski definition) is 1. The summed E-state index contributed by atoms with van der Waals surface area (Å²) < 4.78 is 10.7. The highest BCUT2D eigenvalue weighted by molar-refractivity contribution is 5.70. The molecule has 68 heavy (non-hydrogen) atoms. The van der Waals surface area contributed by atoms with Crippen LogP contribution in [0.15, 0.2) is 12.2 Å². The number of aliphatic hydroxyl groups is 1. The highest BCUT2D eigenvalue weighted by Gasteiger charge is 2.16. The van der Waals surface area contributed by atoms with E-state index in [2.05, 4.69) is 26.0 Å². The summed E-state index contributed by atoms with van der Waals surface area (Å²) in [7, 11) is 0. The number of carbonyl (C=O) groups is 2. The van der Waals surface area contributed by atoms with Crippen LogP contribution in [-0.4, -0.2) is 36.4 Å². The molecule has 0 aliphatic carbocycles. The van der Waals surface area contributed by atoms with Gasteiger partial charge in [-0.05, 0) is 38.5 Å². The zero-order valence-electron chi connectivity index (χ0n) is 46.4. The van der Waals surface area contributed by atoms with E-state index in [-0.39, 0.29) is 25.2 Å². The van der Waals surface area contributed by atoms with Crippen LogP contribution >= 0.6 is 0 Å². The molecule has 0 spiro atoms. The number of carbonyl (C=O) groups excluding carboxylic acids is 2. The van der Waals surface area contributed by atoms with E-state index < -0.39 is 6.10 Å². The molecule has 0 aromatic heterocycles. The molecule has 1 unspecified atom stereocenters. The zero-order chi connectivity index (χ0) is 49.2. The van der Waals surface area contributed by atoms with Crippen LogP contribution in [0.1, 0.15) is 361 Å². The van der Waals surface area contributed by atoms with E-state index in [1.54, 1.807) is 0 Å². The number of aliphatic hydroxyl groups excluding tert-OH is 1. The fraction of sp³-hybridized carbons (Fsp3) is 0.937. The average Bonchev–Trinajstić information content (AvgIpc) is 3.34. The molecule has 0 aromatic rings. The van der Waals surface area contributed by atoms with Crippen LogP contribution in [0.4, 0.5) is 0 Å². The summed E-state index contributed by atoms with van der Waals surface area (Å²) in [4.78, 5) is 24.5. The van der Waals surface area contributed by atoms with Crippen LogP contribution in [0.25, 0.3) is 0 Å². The Labute approximate surface area is 426 Å². The van der Waals surface area contributed by atoms with Gasteiger partial charge in [0.05, 0.1) is 6.61 Å². The van der Waals surface area contributed by atoms with Gasteiger partial charge in [0.2, 0.25) is 0 Å². The fourth-order valence-electron chi connectivity index (χ4n) is 9.85. The third-order valence-corrected chi connectivity index (χ3v) is 14.6. The summed E-state index contributed by atoms with van der Waals surface area (Å²) in [6.07, 6.45) is 75.3. The van der Waals surface area contributed by atoms with Gasteiger partial charge in [-0.2, -0.15) is 0 Å². The molecule has 0 heterocycles. The molecule has 404 valence electrons.